The summed E-state index contributed by atoms with van der Waals surface area (Å²) in [5.74, 6) is 0.302. The molecular formula is C22H25NO5. The van der Waals surface area contributed by atoms with Gasteiger partial charge in [-0.15, -0.1) is 0 Å². The number of carbonyl (C=O) groups excluding carboxylic acids is 2. The van der Waals surface area contributed by atoms with Gasteiger partial charge < -0.3 is 19.1 Å². The van der Waals surface area contributed by atoms with E-state index < -0.39 is 5.97 Å². The molecule has 0 aliphatic rings. The van der Waals surface area contributed by atoms with Gasteiger partial charge in [0, 0.05) is 19.7 Å². The van der Waals surface area contributed by atoms with E-state index in [4.69, 9.17) is 14.2 Å². The maximum Gasteiger partial charge on any atom is 0.331 e. The molecule has 2 rings (SSSR count). The molecule has 0 aliphatic carbocycles. The molecule has 0 fully saturated rings. The van der Waals surface area contributed by atoms with Gasteiger partial charge in [0.05, 0.1) is 14.2 Å². The number of amides is 1. The van der Waals surface area contributed by atoms with Crippen molar-refractivity contribution in [1.29, 1.82) is 0 Å². The monoisotopic (exact) mass is 383 g/mol. The number of esters is 1. The van der Waals surface area contributed by atoms with Crippen molar-refractivity contribution < 1.29 is 23.8 Å². The Kier molecular flexibility index (Phi) is 7.63. The lowest BCUT2D eigenvalue weighted by atomic mass is 10.1. The van der Waals surface area contributed by atoms with Crippen LogP contribution in [0.2, 0.25) is 0 Å². The Bertz CT molecular complexity index is 843. The van der Waals surface area contributed by atoms with Crippen LogP contribution in [0, 0.1) is 6.92 Å². The van der Waals surface area contributed by atoms with Crippen LogP contribution in [0.5, 0.6) is 11.5 Å². The number of benzene rings is 2. The van der Waals surface area contributed by atoms with Gasteiger partial charge in [0.1, 0.15) is 0 Å². The van der Waals surface area contributed by atoms with Crippen molar-refractivity contribution in [3.63, 3.8) is 0 Å². The number of aryl methyl sites for hydroxylation is 1. The Balaban J connectivity index is 1.84. The molecule has 0 radical (unpaired) electrons. The second-order valence-corrected chi connectivity index (χ2v) is 6.29. The van der Waals surface area contributed by atoms with Crippen LogP contribution >= 0.6 is 0 Å². The summed E-state index contributed by atoms with van der Waals surface area (Å²) in [6.07, 6.45) is 2.86. The van der Waals surface area contributed by atoms with E-state index in [1.165, 1.54) is 11.0 Å². The molecule has 2 aromatic carbocycles. The van der Waals surface area contributed by atoms with E-state index in [9.17, 15) is 9.59 Å². The van der Waals surface area contributed by atoms with Crippen LogP contribution < -0.4 is 9.47 Å². The third kappa shape index (κ3) is 6.16. The molecule has 0 unspecified atom stereocenters. The van der Waals surface area contributed by atoms with Gasteiger partial charge in [-0.05, 0) is 36.3 Å². The number of methoxy groups -OCH3 is 2. The van der Waals surface area contributed by atoms with Crippen molar-refractivity contribution in [3.05, 3.63) is 65.2 Å². The largest absolute Gasteiger partial charge is 0.493 e. The first-order valence-corrected chi connectivity index (χ1v) is 8.79. The summed E-state index contributed by atoms with van der Waals surface area (Å²) in [5, 5.41) is 0. The minimum absolute atomic E-state index is 0.270. The first kappa shape index (κ1) is 21.0. The minimum atomic E-state index is -0.591. The standard InChI is InChI=1S/C22H25NO5/c1-16-5-7-18(8-6-16)14-23(2)21(24)15-28-22(25)12-10-17-9-11-19(26-3)20(13-17)27-4/h5-13H,14-15H2,1-4H3/b12-10+. The van der Waals surface area contributed by atoms with Gasteiger partial charge in [-0.1, -0.05) is 35.9 Å². The SMILES string of the molecule is COc1ccc(/C=C/C(=O)OCC(=O)N(C)Cc2ccc(C)cc2)cc1OC. The minimum Gasteiger partial charge on any atom is -0.493 e. The van der Waals surface area contributed by atoms with Crippen LogP contribution in [0.1, 0.15) is 16.7 Å². The molecule has 0 N–H and O–H groups in total. The Hall–Kier alpha value is -3.28. The normalized spacial score (nSPS) is 10.6. The highest BCUT2D eigenvalue weighted by molar-refractivity contribution is 5.89. The highest BCUT2D eigenvalue weighted by Gasteiger charge is 2.11. The van der Waals surface area contributed by atoms with E-state index in [1.807, 2.05) is 31.2 Å². The van der Waals surface area contributed by atoms with Crippen LogP contribution in [0.25, 0.3) is 6.08 Å². The van der Waals surface area contributed by atoms with Gasteiger partial charge >= 0.3 is 5.97 Å². The van der Waals surface area contributed by atoms with Crippen molar-refractivity contribution in [1.82, 2.24) is 4.90 Å². The number of carbonyl (C=O) groups is 2. The zero-order chi connectivity index (χ0) is 20.5. The zero-order valence-corrected chi connectivity index (χ0v) is 16.6. The second kappa shape index (κ2) is 10.2. The average Bonchev–Trinajstić information content (AvgIpc) is 2.71. The van der Waals surface area contributed by atoms with Crippen molar-refractivity contribution in [2.45, 2.75) is 13.5 Å². The molecule has 6 heteroatoms. The maximum absolute atomic E-state index is 12.1. The zero-order valence-electron chi connectivity index (χ0n) is 16.6. The number of hydrogen-bond donors (Lipinski definition) is 0. The quantitative estimate of drug-likeness (QED) is 0.517. The molecule has 0 bridgehead atoms. The van der Waals surface area contributed by atoms with E-state index in [-0.39, 0.29) is 12.5 Å². The van der Waals surface area contributed by atoms with E-state index in [0.29, 0.717) is 18.0 Å². The van der Waals surface area contributed by atoms with Crippen molar-refractivity contribution in [2.75, 3.05) is 27.9 Å². The molecular weight excluding hydrogens is 358 g/mol. The Morgan fingerprint density at radius 3 is 2.32 bits per heavy atom. The molecule has 28 heavy (non-hydrogen) atoms. The Morgan fingerprint density at radius 2 is 1.68 bits per heavy atom. The Morgan fingerprint density at radius 1 is 1.00 bits per heavy atom. The van der Waals surface area contributed by atoms with Crippen LogP contribution in [0.3, 0.4) is 0 Å². The van der Waals surface area contributed by atoms with Crippen LogP contribution in [-0.4, -0.2) is 44.7 Å². The summed E-state index contributed by atoms with van der Waals surface area (Å²) in [6.45, 7) is 2.16. The number of hydrogen-bond acceptors (Lipinski definition) is 5. The van der Waals surface area contributed by atoms with Gasteiger partial charge in [0.25, 0.3) is 5.91 Å². The lowest BCUT2D eigenvalue weighted by Crippen LogP contribution is -2.30. The molecule has 148 valence electrons. The fourth-order valence-corrected chi connectivity index (χ4v) is 2.47. The topological polar surface area (TPSA) is 65.1 Å². The van der Waals surface area contributed by atoms with E-state index in [1.54, 1.807) is 45.5 Å². The number of likely N-dealkylation sites (N-methyl/N-ethyl adjacent to an activating group) is 1. The van der Waals surface area contributed by atoms with E-state index >= 15 is 0 Å². The van der Waals surface area contributed by atoms with Crippen LogP contribution in [0.15, 0.2) is 48.5 Å². The highest BCUT2D eigenvalue weighted by atomic mass is 16.5. The molecule has 0 spiro atoms. The molecule has 0 saturated heterocycles. The fraction of sp³-hybridized carbons (Fsp3) is 0.273. The molecule has 0 saturated carbocycles. The first-order valence-electron chi connectivity index (χ1n) is 8.79. The van der Waals surface area contributed by atoms with Crippen molar-refractivity contribution in [3.8, 4) is 11.5 Å². The first-order chi connectivity index (χ1) is 13.4. The molecule has 2 aromatic rings. The summed E-state index contributed by atoms with van der Waals surface area (Å²) in [4.78, 5) is 25.5. The smallest absolute Gasteiger partial charge is 0.331 e. The van der Waals surface area contributed by atoms with Gasteiger partial charge in [-0.25, -0.2) is 4.79 Å². The molecule has 0 aromatic heterocycles. The molecule has 0 atom stereocenters. The predicted octanol–water partition coefficient (Wildman–Crippen LogP) is 3.23. The Labute approximate surface area is 165 Å². The highest BCUT2D eigenvalue weighted by Crippen LogP contribution is 2.27. The summed E-state index contributed by atoms with van der Waals surface area (Å²) in [6, 6.07) is 13.2. The van der Waals surface area contributed by atoms with Gasteiger partial charge in [0.15, 0.2) is 18.1 Å². The average molecular weight is 383 g/mol. The molecule has 0 aliphatic heterocycles. The number of nitrogens with zero attached hydrogens (tertiary/aromatic N) is 1. The van der Waals surface area contributed by atoms with Crippen molar-refractivity contribution in [2.24, 2.45) is 0 Å². The summed E-state index contributed by atoms with van der Waals surface area (Å²) < 4.78 is 15.4. The van der Waals surface area contributed by atoms with Gasteiger partial charge in [-0.2, -0.15) is 0 Å². The lowest BCUT2D eigenvalue weighted by Gasteiger charge is -2.17. The van der Waals surface area contributed by atoms with E-state index in [2.05, 4.69) is 0 Å². The molecule has 6 nitrogen and oxygen atoms in total. The van der Waals surface area contributed by atoms with E-state index in [0.717, 1.165) is 16.7 Å². The second-order valence-electron chi connectivity index (χ2n) is 6.29. The number of ether oxygens (including phenoxy) is 3. The molecule has 1 amide bonds. The third-order valence-corrected chi connectivity index (χ3v) is 4.12. The summed E-state index contributed by atoms with van der Waals surface area (Å²) in [7, 11) is 4.77. The van der Waals surface area contributed by atoms with Crippen LogP contribution in [-0.2, 0) is 20.9 Å². The lowest BCUT2D eigenvalue weighted by molar-refractivity contribution is -0.147. The summed E-state index contributed by atoms with van der Waals surface area (Å²) in [5.41, 5.74) is 2.92. The fourth-order valence-electron chi connectivity index (χ4n) is 2.47. The van der Waals surface area contributed by atoms with Crippen LogP contribution in [0.4, 0.5) is 0 Å². The third-order valence-electron chi connectivity index (χ3n) is 4.12. The summed E-state index contributed by atoms with van der Waals surface area (Å²) >= 11 is 0. The van der Waals surface area contributed by atoms with Gasteiger partial charge in [0.2, 0.25) is 0 Å². The van der Waals surface area contributed by atoms with Crippen molar-refractivity contribution >= 4 is 18.0 Å². The number of rotatable bonds is 8. The van der Waals surface area contributed by atoms with Gasteiger partial charge in [-0.3, -0.25) is 4.79 Å². The predicted molar refractivity (Wildman–Crippen MR) is 107 cm³/mol. The maximum atomic E-state index is 12.1. The molecule has 0 heterocycles.